The minimum atomic E-state index is -0.0690. The Labute approximate surface area is 111 Å². The molecule has 0 saturated heterocycles. The van der Waals surface area contributed by atoms with Crippen LogP contribution in [0, 0.1) is 0 Å². The van der Waals surface area contributed by atoms with Crippen molar-refractivity contribution in [3.05, 3.63) is 52.1 Å². The number of nitrogen functional groups attached to an aromatic ring is 1. The summed E-state index contributed by atoms with van der Waals surface area (Å²) in [6, 6.07) is 5.97. The van der Waals surface area contributed by atoms with Crippen LogP contribution in [0.5, 0.6) is 0 Å². The highest BCUT2D eigenvalue weighted by molar-refractivity contribution is 5.55. The van der Waals surface area contributed by atoms with Crippen LogP contribution in [-0.4, -0.2) is 16.1 Å². The summed E-state index contributed by atoms with van der Waals surface area (Å²) in [7, 11) is 1.74. The van der Waals surface area contributed by atoms with E-state index in [1.807, 2.05) is 17.0 Å². The van der Waals surface area contributed by atoms with E-state index in [0.29, 0.717) is 12.4 Å². The topological polar surface area (TPSA) is 64.2 Å². The van der Waals surface area contributed by atoms with Gasteiger partial charge in [-0.2, -0.15) is 0 Å². The van der Waals surface area contributed by atoms with Crippen molar-refractivity contribution < 1.29 is 0 Å². The fourth-order valence-corrected chi connectivity index (χ4v) is 2.49. The van der Waals surface area contributed by atoms with E-state index in [0.717, 1.165) is 24.2 Å². The maximum Gasteiger partial charge on any atom is 0.293 e. The Morgan fingerprint density at radius 3 is 3.05 bits per heavy atom. The smallest absolute Gasteiger partial charge is 0.293 e. The SMILES string of the molecule is Cn1ccnc(N2CCc3cccc(N)c3C2)c1=O. The molecule has 0 atom stereocenters. The molecular formula is C14H16N4O. The number of nitrogens with two attached hydrogens (primary N) is 1. The van der Waals surface area contributed by atoms with Gasteiger partial charge in [-0.1, -0.05) is 12.1 Å². The number of hydrogen-bond acceptors (Lipinski definition) is 4. The molecule has 1 aliphatic rings. The predicted octanol–water partition coefficient (Wildman–Crippen LogP) is 0.925. The van der Waals surface area contributed by atoms with Gasteiger partial charge in [0.25, 0.3) is 5.56 Å². The van der Waals surface area contributed by atoms with Gasteiger partial charge in [0, 0.05) is 38.2 Å². The highest BCUT2D eigenvalue weighted by Crippen LogP contribution is 2.25. The second-order valence-electron chi connectivity index (χ2n) is 4.82. The summed E-state index contributed by atoms with van der Waals surface area (Å²) in [6.07, 6.45) is 4.21. The lowest BCUT2D eigenvalue weighted by molar-refractivity contribution is 0.703. The van der Waals surface area contributed by atoms with E-state index in [1.165, 1.54) is 5.56 Å². The van der Waals surface area contributed by atoms with Crippen LogP contribution in [0.3, 0.4) is 0 Å². The van der Waals surface area contributed by atoms with Gasteiger partial charge >= 0.3 is 0 Å². The van der Waals surface area contributed by atoms with Crippen molar-refractivity contribution in [1.29, 1.82) is 0 Å². The highest BCUT2D eigenvalue weighted by atomic mass is 16.1. The molecule has 98 valence electrons. The summed E-state index contributed by atoms with van der Waals surface area (Å²) in [5, 5.41) is 0. The molecule has 0 aliphatic carbocycles. The van der Waals surface area contributed by atoms with Gasteiger partial charge in [0.15, 0.2) is 5.82 Å². The van der Waals surface area contributed by atoms with Crippen LogP contribution in [0.15, 0.2) is 35.4 Å². The summed E-state index contributed by atoms with van der Waals surface area (Å²) in [5.74, 6) is 0.499. The average Bonchev–Trinajstić information content (AvgIpc) is 2.42. The molecular weight excluding hydrogens is 240 g/mol. The molecule has 0 unspecified atom stereocenters. The van der Waals surface area contributed by atoms with Crippen molar-refractivity contribution in [2.24, 2.45) is 7.05 Å². The standard InChI is InChI=1S/C14H16N4O/c1-17-8-6-16-13(14(17)19)18-7-5-10-3-2-4-12(15)11(10)9-18/h2-4,6,8H,5,7,9,15H2,1H3. The molecule has 1 aliphatic heterocycles. The van der Waals surface area contributed by atoms with E-state index in [2.05, 4.69) is 11.1 Å². The third-order valence-corrected chi connectivity index (χ3v) is 3.61. The van der Waals surface area contributed by atoms with E-state index in [9.17, 15) is 4.79 Å². The summed E-state index contributed by atoms with van der Waals surface area (Å²) >= 11 is 0. The van der Waals surface area contributed by atoms with Gasteiger partial charge in [0.1, 0.15) is 0 Å². The van der Waals surface area contributed by atoms with Crippen molar-refractivity contribution in [2.75, 3.05) is 17.2 Å². The molecule has 2 N–H and O–H groups in total. The Morgan fingerprint density at radius 2 is 2.21 bits per heavy atom. The first kappa shape index (κ1) is 11.8. The maximum absolute atomic E-state index is 12.1. The van der Waals surface area contributed by atoms with E-state index in [1.54, 1.807) is 24.0 Å². The fourth-order valence-electron chi connectivity index (χ4n) is 2.49. The van der Waals surface area contributed by atoms with Crippen LogP contribution in [0.1, 0.15) is 11.1 Å². The van der Waals surface area contributed by atoms with Crippen molar-refractivity contribution in [3.63, 3.8) is 0 Å². The molecule has 0 bridgehead atoms. The molecule has 2 aromatic rings. The van der Waals surface area contributed by atoms with Gasteiger partial charge in [0.2, 0.25) is 0 Å². The van der Waals surface area contributed by atoms with E-state index >= 15 is 0 Å². The lowest BCUT2D eigenvalue weighted by Gasteiger charge is -2.30. The second kappa shape index (κ2) is 4.42. The van der Waals surface area contributed by atoms with Crippen molar-refractivity contribution in [3.8, 4) is 0 Å². The third kappa shape index (κ3) is 1.97. The molecule has 0 saturated carbocycles. The second-order valence-corrected chi connectivity index (χ2v) is 4.82. The van der Waals surface area contributed by atoms with Crippen molar-refractivity contribution in [1.82, 2.24) is 9.55 Å². The first-order valence-corrected chi connectivity index (χ1v) is 6.29. The summed E-state index contributed by atoms with van der Waals surface area (Å²) < 4.78 is 1.55. The monoisotopic (exact) mass is 256 g/mol. The fraction of sp³-hybridized carbons (Fsp3) is 0.286. The predicted molar refractivity (Wildman–Crippen MR) is 75.1 cm³/mol. The van der Waals surface area contributed by atoms with Crippen LogP contribution in [0.25, 0.3) is 0 Å². The summed E-state index contributed by atoms with van der Waals surface area (Å²) in [4.78, 5) is 18.3. The van der Waals surface area contributed by atoms with E-state index in [-0.39, 0.29) is 5.56 Å². The lowest BCUT2D eigenvalue weighted by atomic mass is 9.98. The normalized spacial score (nSPS) is 14.3. The van der Waals surface area contributed by atoms with Gasteiger partial charge in [-0.15, -0.1) is 0 Å². The number of fused-ring (bicyclic) bond motifs is 1. The number of rotatable bonds is 1. The number of aryl methyl sites for hydroxylation is 1. The van der Waals surface area contributed by atoms with Crippen molar-refractivity contribution >= 4 is 11.5 Å². The van der Waals surface area contributed by atoms with Crippen LogP contribution in [0.2, 0.25) is 0 Å². The summed E-state index contributed by atoms with van der Waals surface area (Å²) in [5.41, 5.74) is 9.12. The Kier molecular flexibility index (Phi) is 2.74. The molecule has 0 fully saturated rings. The molecule has 3 rings (SSSR count). The molecule has 1 aromatic heterocycles. The summed E-state index contributed by atoms with van der Waals surface area (Å²) in [6.45, 7) is 1.44. The molecule has 0 radical (unpaired) electrons. The number of benzene rings is 1. The number of nitrogens with zero attached hydrogens (tertiary/aromatic N) is 3. The van der Waals surface area contributed by atoms with E-state index < -0.39 is 0 Å². The number of aromatic nitrogens is 2. The van der Waals surface area contributed by atoms with Crippen LogP contribution < -0.4 is 16.2 Å². The lowest BCUT2D eigenvalue weighted by Crippen LogP contribution is -2.36. The van der Waals surface area contributed by atoms with Crippen molar-refractivity contribution in [2.45, 2.75) is 13.0 Å². The van der Waals surface area contributed by atoms with Gasteiger partial charge in [-0.05, 0) is 23.6 Å². The molecule has 19 heavy (non-hydrogen) atoms. The largest absolute Gasteiger partial charge is 0.398 e. The first-order valence-electron chi connectivity index (χ1n) is 6.29. The van der Waals surface area contributed by atoms with Gasteiger partial charge < -0.3 is 15.2 Å². The molecule has 0 spiro atoms. The zero-order chi connectivity index (χ0) is 13.4. The maximum atomic E-state index is 12.1. The minimum Gasteiger partial charge on any atom is -0.398 e. The van der Waals surface area contributed by atoms with Gasteiger partial charge in [0.05, 0.1) is 0 Å². The van der Waals surface area contributed by atoms with Crippen LogP contribution >= 0.6 is 0 Å². The highest BCUT2D eigenvalue weighted by Gasteiger charge is 2.21. The Morgan fingerprint density at radius 1 is 1.37 bits per heavy atom. The van der Waals surface area contributed by atoms with Gasteiger partial charge in [-0.25, -0.2) is 4.98 Å². The quantitative estimate of drug-likeness (QED) is 0.771. The Balaban J connectivity index is 2.00. The van der Waals surface area contributed by atoms with Crippen LogP contribution in [-0.2, 0) is 20.0 Å². The molecule has 2 heterocycles. The Bertz CT molecular complexity index is 677. The third-order valence-electron chi connectivity index (χ3n) is 3.61. The molecule has 5 heteroatoms. The average molecular weight is 256 g/mol. The number of anilines is 2. The van der Waals surface area contributed by atoms with Gasteiger partial charge in [-0.3, -0.25) is 4.79 Å². The van der Waals surface area contributed by atoms with Crippen LogP contribution in [0.4, 0.5) is 11.5 Å². The molecule has 1 aromatic carbocycles. The molecule has 5 nitrogen and oxygen atoms in total. The number of hydrogen-bond donors (Lipinski definition) is 1. The zero-order valence-corrected chi connectivity index (χ0v) is 10.8. The molecule has 0 amide bonds. The zero-order valence-electron chi connectivity index (χ0n) is 10.8. The minimum absolute atomic E-state index is 0.0690. The Hall–Kier alpha value is -2.30. The van der Waals surface area contributed by atoms with E-state index in [4.69, 9.17) is 5.73 Å². The first-order chi connectivity index (χ1) is 9.16.